The normalized spacial score (nSPS) is 10.5. The maximum atomic E-state index is 13.0. The Morgan fingerprint density at radius 3 is 2.17 bits per heavy atom. The molecule has 24 heavy (non-hydrogen) atoms. The van der Waals surface area contributed by atoms with E-state index in [2.05, 4.69) is 46.6 Å². The Morgan fingerprint density at radius 2 is 1.46 bits per heavy atom. The first-order valence-corrected chi connectivity index (χ1v) is 7.72. The van der Waals surface area contributed by atoms with Gasteiger partial charge in [-0.25, -0.2) is 9.37 Å². The molecule has 0 aliphatic carbocycles. The van der Waals surface area contributed by atoms with Crippen LogP contribution in [0, 0.1) is 26.6 Å². The van der Waals surface area contributed by atoms with E-state index in [1.54, 1.807) is 12.1 Å². The molecule has 0 fully saturated rings. The number of halogens is 1. The van der Waals surface area contributed by atoms with Crippen LogP contribution in [0.15, 0.2) is 48.5 Å². The number of rotatable bonds is 4. The van der Waals surface area contributed by atoms with E-state index in [-0.39, 0.29) is 5.82 Å². The van der Waals surface area contributed by atoms with Gasteiger partial charge in [-0.1, -0.05) is 6.07 Å². The molecule has 0 radical (unpaired) electrons. The third kappa shape index (κ3) is 3.87. The first-order chi connectivity index (χ1) is 11.5. The Hall–Kier alpha value is -2.95. The van der Waals surface area contributed by atoms with Crippen LogP contribution in [-0.4, -0.2) is 9.97 Å². The number of nitrogens with one attached hydrogen (secondary N) is 2. The summed E-state index contributed by atoms with van der Waals surface area (Å²) in [5, 5.41) is 6.39. The molecule has 0 spiro atoms. The molecule has 0 aliphatic rings. The van der Waals surface area contributed by atoms with E-state index in [1.807, 2.05) is 19.1 Å². The summed E-state index contributed by atoms with van der Waals surface area (Å²) in [6, 6.07) is 14.1. The van der Waals surface area contributed by atoms with Crippen LogP contribution in [0.1, 0.15) is 16.8 Å². The molecule has 4 nitrogen and oxygen atoms in total. The van der Waals surface area contributed by atoms with Gasteiger partial charge in [0, 0.05) is 23.1 Å². The smallest absolute Gasteiger partial charge is 0.229 e. The summed E-state index contributed by atoms with van der Waals surface area (Å²) >= 11 is 0. The van der Waals surface area contributed by atoms with Gasteiger partial charge in [0.15, 0.2) is 0 Å². The fraction of sp³-hybridized carbons (Fsp3) is 0.158. The third-order valence-electron chi connectivity index (χ3n) is 3.73. The molecule has 0 unspecified atom stereocenters. The minimum atomic E-state index is -0.267. The van der Waals surface area contributed by atoms with Crippen molar-refractivity contribution in [2.75, 3.05) is 10.6 Å². The molecule has 1 heterocycles. The summed E-state index contributed by atoms with van der Waals surface area (Å²) in [6.07, 6.45) is 0. The molecule has 122 valence electrons. The summed E-state index contributed by atoms with van der Waals surface area (Å²) in [6.45, 7) is 6.05. The van der Waals surface area contributed by atoms with Crippen molar-refractivity contribution in [1.82, 2.24) is 9.97 Å². The molecule has 0 bridgehead atoms. The van der Waals surface area contributed by atoms with E-state index < -0.39 is 0 Å². The molecule has 3 aromatic rings. The topological polar surface area (TPSA) is 49.8 Å². The first kappa shape index (κ1) is 15.9. The molecular weight excluding hydrogens is 303 g/mol. The SMILES string of the molecule is Cc1cc(Nc2ccc(F)cc2)nc(Nc2ccc(C)c(C)c2)n1. The predicted octanol–water partition coefficient (Wildman–Crippen LogP) is 5.03. The summed E-state index contributed by atoms with van der Waals surface area (Å²) in [5.74, 6) is 0.903. The lowest BCUT2D eigenvalue weighted by atomic mass is 10.1. The number of anilines is 4. The van der Waals surface area contributed by atoms with E-state index >= 15 is 0 Å². The van der Waals surface area contributed by atoms with Crippen molar-refractivity contribution in [1.29, 1.82) is 0 Å². The Labute approximate surface area is 140 Å². The van der Waals surface area contributed by atoms with Gasteiger partial charge in [-0.2, -0.15) is 4.98 Å². The zero-order chi connectivity index (χ0) is 17.1. The Morgan fingerprint density at radius 1 is 0.750 bits per heavy atom. The van der Waals surface area contributed by atoms with Crippen molar-refractivity contribution in [3.8, 4) is 0 Å². The highest BCUT2D eigenvalue weighted by molar-refractivity contribution is 5.60. The van der Waals surface area contributed by atoms with Gasteiger partial charge in [-0.3, -0.25) is 0 Å². The van der Waals surface area contributed by atoms with Gasteiger partial charge in [-0.15, -0.1) is 0 Å². The number of aryl methyl sites for hydroxylation is 3. The zero-order valence-electron chi connectivity index (χ0n) is 13.9. The van der Waals surface area contributed by atoms with E-state index in [1.165, 1.54) is 23.3 Å². The summed E-state index contributed by atoms with van der Waals surface area (Å²) < 4.78 is 13.0. The maximum absolute atomic E-state index is 13.0. The lowest BCUT2D eigenvalue weighted by Gasteiger charge is -2.11. The second-order valence-electron chi connectivity index (χ2n) is 5.77. The van der Waals surface area contributed by atoms with Crippen LogP contribution in [0.25, 0.3) is 0 Å². The van der Waals surface area contributed by atoms with Gasteiger partial charge < -0.3 is 10.6 Å². The highest BCUT2D eigenvalue weighted by Crippen LogP contribution is 2.21. The van der Waals surface area contributed by atoms with Gasteiger partial charge in [0.25, 0.3) is 0 Å². The average molecular weight is 322 g/mol. The van der Waals surface area contributed by atoms with E-state index in [9.17, 15) is 4.39 Å². The van der Waals surface area contributed by atoms with Crippen molar-refractivity contribution >= 4 is 23.1 Å². The number of hydrogen-bond acceptors (Lipinski definition) is 4. The summed E-state index contributed by atoms with van der Waals surface area (Å²) in [4.78, 5) is 8.89. The van der Waals surface area contributed by atoms with Gasteiger partial charge in [0.2, 0.25) is 5.95 Å². The molecule has 2 N–H and O–H groups in total. The zero-order valence-corrected chi connectivity index (χ0v) is 13.9. The van der Waals surface area contributed by atoms with Crippen LogP contribution >= 0.6 is 0 Å². The molecule has 0 amide bonds. The third-order valence-corrected chi connectivity index (χ3v) is 3.73. The summed E-state index contributed by atoms with van der Waals surface area (Å²) in [5.41, 5.74) is 4.99. The highest BCUT2D eigenvalue weighted by Gasteiger charge is 2.05. The molecule has 3 rings (SSSR count). The minimum Gasteiger partial charge on any atom is -0.340 e. The molecule has 1 aromatic heterocycles. The number of aromatic nitrogens is 2. The Balaban J connectivity index is 1.82. The van der Waals surface area contributed by atoms with Crippen LogP contribution in [0.4, 0.5) is 27.5 Å². The van der Waals surface area contributed by atoms with E-state index in [0.717, 1.165) is 17.1 Å². The number of nitrogens with zero attached hydrogens (tertiary/aromatic N) is 2. The fourth-order valence-corrected chi connectivity index (χ4v) is 2.32. The Kier molecular flexibility index (Phi) is 4.42. The van der Waals surface area contributed by atoms with Crippen molar-refractivity contribution in [3.63, 3.8) is 0 Å². The second-order valence-corrected chi connectivity index (χ2v) is 5.77. The first-order valence-electron chi connectivity index (χ1n) is 7.72. The van der Waals surface area contributed by atoms with Gasteiger partial charge in [0.05, 0.1) is 0 Å². The average Bonchev–Trinajstić information content (AvgIpc) is 2.53. The quantitative estimate of drug-likeness (QED) is 0.707. The van der Waals surface area contributed by atoms with Crippen LogP contribution in [-0.2, 0) is 0 Å². The summed E-state index contributed by atoms with van der Waals surface area (Å²) in [7, 11) is 0. The molecule has 0 atom stereocenters. The van der Waals surface area contributed by atoms with Crippen molar-refractivity contribution in [3.05, 3.63) is 71.2 Å². The fourth-order valence-electron chi connectivity index (χ4n) is 2.32. The van der Waals surface area contributed by atoms with E-state index in [0.29, 0.717) is 11.8 Å². The molecule has 2 aromatic carbocycles. The lowest BCUT2D eigenvalue weighted by molar-refractivity contribution is 0.628. The van der Waals surface area contributed by atoms with Crippen molar-refractivity contribution in [2.45, 2.75) is 20.8 Å². The maximum Gasteiger partial charge on any atom is 0.229 e. The molecule has 5 heteroatoms. The van der Waals surface area contributed by atoms with Gasteiger partial charge >= 0.3 is 0 Å². The highest BCUT2D eigenvalue weighted by atomic mass is 19.1. The minimum absolute atomic E-state index is 0.267. The number of benzene rings is 2. The predicted molar refractivity (Wildman–Crippen MR) is 95.7 cm³/mol. The molecule has 0 saturated carbocycles. The Bertz CT molecular complexity index is 860. The van der Waals surface area contributed by atoms with Crippen LogP contribution in [0.3, 0.4) is 0 Å². The van der Waals surface area contributed by atoms with Crippen LogP contribution in [0.2, 0.25) is 0 Å². The monoisotopic (exact) mass is 322 g/mol. The number of hydrogen-bond donors (Lipinski definition) is 2. The lowest BCUT2D eigenvalue weighted by Crippen LogP contribution is -2.02. The van der Waals surface area contributed by atoms with Gasteiger partial charge in [0.1, 0.15) is 11.6 Å². The second kappa shape index (κ2) is 6.66. The molecule has 0 saturated heterocycles. The van der Waals surface area contributed by atoms with Crippen molar-refractivity contribution < 1.29 is 4.39 Å². The van der Waals surface area contributed by atoms with Crippen LogP contribution < -0.4 is 10.6 Å². The van der Waals surface area contributed by atoms with E-state index in [4.69, 9.17) is 0 Å². The molecular formula is C19H19FN4. The van der Waals surface area contributed by atoms with Gasteiger partial charge in [-0.05, 0) is 68.3 Å². The largest absolute Gasteiger partial charge is 0.340 e. The van der Waals surface area contributed by atoms with Crippen LogP contribution in [0.5, 0.6) is 0 Å². The molecule has 0 aliphatic heterocycles. The standard InChI is InChI=1S/C19H19FN4/c1-12-4-7-17(10-13(12)2)23-19-21-14(3)11-18(24-19)22-16-8-5-15(20)6-9-16/h4-11H,1-3H3,(H2,21,22,23,24). The van der Waals surface area contributed by atoms with Crippen molar-refractivity contribution in [2.24, 2.45) is 0 Å².